The highest BCUT2D eigenvalue weighted by molar-refractivity contribution is 7.80. The maximum atomic E-state index is 13.3. The van der Waals surface area contributed by atoms with E-state index in [9.17, 15) is 9.18 Å². The molecule has 5 nitrogen and oxygen atoms in total. The molecule has 1 atom stereocenters. The lowest BCUT2D eigenvalue weighted by atomic mass is 9.98. The molecule has 1 aromatic heterocycles. The third-order valence-corrected chi connectivity index (χ3v) is 5.50. The number of thiocarbonyl (C=S) groups is 1. The molecule has 0 radical (unpaired) electrons. The van der Waals surface area contributed by atoms with Gasteiger partial charge in [0, 0.05) is 16.8 Å². The maximum Gasteiger partial charge on any atom is 0.257 e. The molecule has 0 aliphatic rings. The van der Waals surface area contributed by atoms with Crippen molar-refractivity contribution >= 4 is 40.0 Å². The van der Waals surface area contributed by atoms with Gasteiger partial charge in [0.15, 0.2) is 10.7 Å². The number of carbonyl (C=O) groups excluding carboxylic acids is 1. The average molecular weight is 448 g/mol. The normalized spacial score (nSPS) is 11.8. The van der Waals surface area contributed by atoms with Crippen molar-refractivity contribution in [1.82, 2.24) is 10.3 Å². The zero-order chi connectivity index (χ0) is 22.7. The number of aromatic nitrogens is 1. The van der Waals surface area contributed by atoms with Crippen LogP contribution in [0.25, 0.3) is 22.6 Å². The van der Waals surface area contributed by atoms with E-state index >= 15 is 0 Å². The summed E-state index contributed by atoms with van der Waals surface area (Å²) in [6.45, 7) is 4.36. The SMILES string of the molecule is CC[C@H](C)c1ccc2oc(-c3ccc(NC(=S)NC(=O)c4cccc(F)c4)cc3)nc2c1. The van der Waals surface area contributed by atoms with E-state index < -0.39 is 11.7 Å². The van der Waals surface area contributed by atoms with Gasteiger partial charge in [-0.05, 0) is 84.7 Å². The molecule has 32 heavy (non-hydrogen) atoms. The van der Waals surface area contributed by atoms with E-state index in [0.29, 0.717) is 17.5 Å². The third kappa shape index (κ3) is 4.84. The summed E-state index contributed by atoms with van der Waals surface area (Å²) in [6.07, 6.45) is 1.06. The van der Waals surface area contributed by atoms with E-state index in [4.69, 9.17) is 16.6 Å². The molecule has 3 aromatic carbocycles. The number of hydrogen-bond donors (Lipinski definition) is 2. The van der Waals surface area contributed by atoms with Gasteiger partial charge in [-0.2, -0.15) is 0 Å². The molecule has 0 unspecified atom stereocenters. The summed E-state index contributed by atoms with van der Waals surface area (Å²) in [6, 6.07) is 18.9. The molecule has 0 saturated carbocycles. The number of hydrogen-bond acceptors (Lipinski definition) is 4. The van der Waals surface area contributed by atoms with Crippen LogP contribution < -0.4 is 10.6 Å². The van der Waals surface area contributed by atoms with Crippen LogP contribution in [-0.4, -0.2) is 16.0 Å². The Hall–Kier alpha value is -3.58. The summed E-state index contributed by atoms with van der Waals surface area (Å²) in [5.74, 6) is 0.0363. The van der Waals surface area contributed by atoms with Gasteiger partial charge in [0.1, 0.15) is 11.3 Å². The van der Waals surface area contributed by atoms with Gasteiger partial charge in [0.05, 0.1) is 0 Å². The first-order chi connectivity index (χ1) is 15.4. The minimum absolute atomic E-state index is 0.117. The van der Waals surface area contributed by atoms with Crippen molar-refractivity contribution in [1.29, 1.82) is 0 Å². The number of oxazole rings is 1. The largest absolute Gasteiger partial charge is 0.436 e. The molecule has 0 saturated heterocycles. The Morgan fingerprint density at radius 1 is 1.12 bits per heavy atom. The van der Waals surface area contributed by atoms with Crippen molar-refractivity contribution in [3.63, 3.8) is 0 Å². The minimum atomic E-state index is -0.484. The van der Waals surface area contributed by atoms with E-state index in [1.54, 1.807) is 0 Å². The monoisotopic (exact) mass is 447 g/mol. The molecule has 4 aromatic rings. The number of carbonyl (C=O) groups is 1. The van der Waals surface area contributed by atoms with Crippen molar-refractivity contribution < 1.29 is 13.6 Å². The van der Waals surface area contributed by atoms with Gasteiger partial charge < -0.3 is 9.73 Å². The summed E-state index contributed by atoms with van der Waals surface area (Å²) >= 11 is 5.19. The predicted molar refractivity (Wildman–Crippen MR) is 128 cm³/mol. The molecule has 1 amide bonds. The van der Waals surface area contributed by atoms with E-state index in [0.717, 1.165) is 29.2 Å². The van der Waals surface area contributed by atoms with Crippen molar-refractivity contribution in [3.05, 3.63) is 83.7 Å². The van der Waals surface area contributed by atoms with Crippen molar-refractivity contribution in [2.75, 3.05) is 5.32 Å². The van der Waals surface area contributed by atoms with Gasteiger partial charge in [0.2, 0.25) is 5.89 Å². The Kier molecular flexibility index (Phi) is 6.28. The van der Waals surface area contributed by atoms with E-state index in [1.165, 1.54) is 23.8 Å². The van der Waals surface area contributed by atoms with Crippen LogP contribution in [0.2, 0.25) is 0 Å². The van der Waals surface area contributed by atoms with E-state index in [-0.39, 0.29) is 10.7 Å². The summed E-state index contributed by atoms with van der Waals surface area (Å²) in [4.78, 5) is 16.8. The highest BCUT2D eigenvalue weighted by Crippen LogP contribution is 2.28. The number of nitrogens with one attached hydrogen (secondary N) is 2. The lowest BCUT2D eigenvalue weighted by Gasteiger charge is -2.10. The van der Waals surface area contributed by atoms with Gasteiger partial charge in [0.25, 0.3) is 5.91 Å². The molecule has 0 fully saturated rings. The summed E-state index contributed by atoms with van der Waals surface area (Å²) < 4.78 is 19.2. The van der Waals surface area contributed by atoms with Gasteiger partial charge >= 0.3 is 0 Å². The maximum absolute atomic E-state index is 13.3. The lowest BCUT2D eigenvalue weighted by molar-refractivity contribution is 0.0977. The Bertz CT molecular complexity index is 1280. The standard InChI is InChI=1S/C25H22FN3O2S/c1-3-15(2)17-9-12-22-21(14-17)28-24(31-22)16-7-10-20(11-8-16)27-25(32)29-23(30)18-5-4-6-19(26)13-18/h4-15H,3H2,1-2H3,(H2,27,29,30,32)/t15-/m0/s1. The topological polar surface area (TPSA) is 67.2 Å². The molecule has 4 rings (SSSR count). The second-order valence-electron chi connectivity index (χ2n) is 7.55. The highest BCUT2D eigenvalue weighted by atomic mass is 32.1. The Morgan fingerprint density at radius 2 is 1.91 bits per heavy atom. The number of halogens is 1. The van der Waals surface area contributed by atoms with Gasteiger partial charge in [-0.1, -0.05) is 26.0 Å². The summed E-state index contributed by atoms with van der Waals surface area (Å²) in [5.41, 5.74) is 4.53. The number of rotatable bonds is 5. The van der Waals surface area contributed by atoms with E-state index in [2.05, 4.69) is 41.6 Å². The molecule has 1 heterocycles. The third-order valence-electron chi connectivity index (χ3n) is 5.30. The molecule has 0 bridgehead atoms. The molecular weight excluding hydrogens is 425 g/mol. The van der Waals surface area contributed by atoms with Crippen LogP contribution >= 0.6 is 12.2 Å². The first-order valence-corrected chi connectivity index (χ1v) is 10.7. The van der Waals surface area contributed by atoms with Crippen molar-refractivity contribution in [3.8, 4) is 11.5 Å². The van der Waals surface area contributed by atoms with E-state index in [1.807, 2.05) is 30.3 Å². The second kappa shape index (κ2) is 9.28. The van der Waals surface area contributed by atoms with Gasteiger partial charge in [-0.25, -0.2) is 9.37 Å². The number of fused-ring (bicyclic) bond motifs is 1. The van der Waals surface area contributed by atoms with Crippen LogP contribution in [0.4, 0.5) is 10.1 Å². The average Bonchev–Trinajstić information content (AvgIpc) is 3.22. The van der Waals surface area contributed by atoms with Crippen molar-refractivity contribution in [2.24, 2.45) is 0 Å². The smallest absolute Gasteiger partial charge is 0.257 e. The van der Waals surface area contributed by atoms with Crippen LogP contribution in [0.1, 0.15) is 42.1 Å². The van der Waals surface area contributed by atoms with Gasteiger partial charge in [-0.15, -0.1) is 0 Å². The lowest BCUT2D eigenvalue weighted by Crippen LogP contribution is -2.34. The molecule has 162 valence electrons. The second-order valence-corrected chi connectivity index (χ2v) is 7.96. The molecule has 0 aliphatic heterocycles. The Morgan fingerprint density at radius 3 is 2.62 bits per heavy atom. The Balaban J connectivity index is 1.43. The summed E-state index contributed by atoms with van der Waals surface area (Å²) in [5, 5.41) is 5.60. The minimum Gasteiger partial charge on any atom is -0.436 e. The molecule has 2 N–H and O–H groups in total. The van der Waals surface area contributed by atoms with Crippen molar-refractivity contribution in [2.45, 2.75) is 26.2 Å². The van der Waals surface area contributed by atoms with Crippen LogP contribution in [-0.2, 0) is 0 Å². The number of anilines is 1. The fourth-order valence-corrected chi connectivity index (χ4v) is 3.48. The quantitative estimate of drug-likeness (QED) is 0.353. The number of nitrogens with zero attached hydrogens (tertiary/aromatic N) is 1. The van der Waals surface area contributed by atoms with Gasteiger partial charge in [-0.3, -0.25) is 10.1 Å². The first-order valence-electron chi connectivity index (χ1n) is 10.3. The predicted octanol–water partition coefficient (Wildman–Crippen LogP) is 6.27. The zero-order valence-electron chi connectivity index (χ0n) is 17.7. The van der Waals surface area contributed by atoms with Crippen LogP contribution in [0.15, 0.2) is 71.1 Å². The fraction of sp³-hybridized carbons (Fsp3) is 0.160. The van der Waals surface area contributed by atoms with Crippen LogP contribution in [0.3, 0.4) is 0 Å². The van der Waals surface area contributed by atoms with Crippen LogP contribution in [0.5, 0.6) is 0 Å². The number of benzene rings is 3. The Labute approximate surface area is 190 Å². The highest BCUT2D eigenvalue weighted by Gasteiger charge is 2.12. The zero-order valence-corrected chi connectivity index (χ0v) is 18.5. The number of amides is 1. The van der Waals surface area contributed by atoms with Crippen LogP contribution in [0, 0.1) is 5.82 Å². The fourth-order valence-electron chi connectivity index (χ4n) is 3.27. The molecule has 7 heteroatoms. The molecule has 0 aliphatic carbocycles. The summed E-state index contributed by atoms with van der Waals surface area (Å²) in [7, 11) is 0. The molecule has 0 spiro atoms. The molecular formula is C25H22FN3O2S. The first kappa shape index (κ1) is 21.6.